The molecule has 3 aliphatic rings. The van der Waals surface area contributed by atoms with Gasteiger partial charge in [-0.25, -0.2) is 0 Å². The maximum absolute atomic E-state index is 13.0. The Labute approximate surface area is 227 Å². The minimum Gasteiger partial charge on any atom is -0.504 e. The summed E-state index contributed by atoms with van der Waals surface area (Å²) in [4.78, 5) is 27.1. The highest BCUT2D eigenvalue weighted by Gasteiger charge is 2.56. The number of fused-ring (bicyclic) bond motifs is 3. The number of ether oxygens (including phenoxy) is 1. The van der Waals surface area contributed by atoms with E-state index in [1.165, 1.54) is 23.2 Å². The van der Waals surface area contributed by atoms with Gasteiger partial charge in [0.2, 0.25) is 11.8 Å². The van der Waals surface area contributed by atoms with E-state index < -0.39 is 13.0 Å². The largest absolute Gasteiger partial charge is 0.504 e. The van der Waals surface area contributed by atoms with Crippen LogP contribution in [0, 0.1) is 21.3 Å². The molecule has 36 heavy (non-hydrogen) atoms. The van der Waals surface area contributed by atoms with Crippen LogP contribution in [-0.4, -0.2) is 54.2 Å². The monoisotopic (exact) mass is 607 g/mol. The molecule has 2 aliphatic heterocycles. The van der Waals surface area contributed by atoms with Gasteiger partial charge in [0.15, 0.2) is 11.5 Å². The van der Waals surface area contributed by atoms with Crippen LogP contribution in [0.4, 0.5) is 0 Å². The summed E-state index contributed by atoms with van der Waals surface area (Å²) < 4.78 is 12.1. The van der Waals surface area contributed by atoms with Gasteiger partial charge >= 0.3 is 7.12 Å². The lowest BCUT2D eigenvalue weighted by Crippen LogP contribution is -2.46. The standard InChI is InChI=1S/C27H35BINO6/c1-5-7-17-13-18-24(27(33)30(3)26(18)32)19-14-28(34)36-21(23(17)19)9-8-15(6-2)10-16-11-20(29)25(31)22(12-16)35-4/h10-12,18-19,21,24,31,34H,5-9,13-14H2,1-4H3/b15-10+/t18-,19+,21-,24-/m1/s1. The number of phenolic OH excluding ortho intramolecular Hbond substituents is 1. The van der Waals surface area contributed by atoms with Gasteiger partial charge in [0.05, 0.1) is 28.6 Å². The normalized spacial score (nSPS) is 26.4. The zero-order valence-corrected chi connectivity index (χ0v) is 23.6. The van der Waals surface area contributed by atoms with E-state index in [1.807, 2.05) is 12.1 Å². The van der Waals surface area contributed by atoms with Crippen molar-refractivity contribution in [2.24, 2.45) is 17.8 Å². The first-order valence-electron chi connectivity index (χ1n) is 12.8. The third kappa shape index (κ3) is 5.11. The molecule has 194 valence electrons. The molecule has 0 aromatic heterocycles. The molecule has 2 amide bonds. The van der Waals surface area contributed by atoms with Crippen molar-refractivity contribution >= 4 is 47.6 Å². The quantitative estimate of drug-likeness (QED) is 0.191. The van der Waals surface area contributed by atoms with E-state index in [1.54, 1.807) is 7.05 Å². The Hall–Kier alpha value is -1.85. The number of imide groups is 1. The number of allylic oxidation sites excluding steroid dienone is 2. The Kier molecular flexibility index (Phi) is 8.51. The fraction of sp³-hybridized carbons (Fsp3) is 0.556. The molecular formula is C27H35BINO6. The van der Waals surface area contributed by atoms with Crippen molar-refractivity contribution in [3.63, 3.8) is 0 Å². The van der Waals surface area contributed by atoms with E-state index in [9.17, 15) is 19.7 Å². The van der Waals surface area contributed by atoms with Gasteiger partial charge in [-0.2, -0.15) is 0 Å². The minimum atomic E-state index is -0.948. The average Bonchev–Trinajstić information content (AvgIpc) is 3.07. The fourth-order valence-electron chi connectivity index (χ4n) is 6.20. The van der Waals surface area contributed by atoms with E-state index in [4.69, 9.17) is 9.39 Å². The van der Waals surface area contributed by atoms with Gasteiger partial charge < -0.3 is 19.5 Å². The predicted octanol–water partition coefficient (Wildman–Crippen LogP) is 4.81. The molecule has 0 unspecified atom stereocenters. The average molecular weight is 607 g/mol. The third-order valence-corrected chi connectivity index (χ3v) is 8.73. The maximum atomic E-state index is 13.0. The Bertz CT molecular complexity index is 1100. The van der Waals surface area contributed by atoms with E-state index in [0.29, 0.717) is 24.9 Å². The van der Waals surface area contributed by atoms with Gasteiger partial charge in [0, 0.05) is 7.05 Å². The Morgan fingerprint density at radius 2 is 2.03 bits per heavy atom. The van der Waals surface area contributed by atoms with Crippen LogP contribution in [0.5, 0.6) is 11.5 Å². The van der Waals surface area contributed by atoms with Gasteiger partial charge in [-0.1, -0.05) is 37.5 Å². The zero-order chi connectivity index (χ0) is 26.1. The summed E-state index contributed by atoms with van der Waals surface area (Å²) in [6.45, 7) is 4.24. The Morgan fingerprint density at radius 3 is 2.69 bits per heavy atom. The maximum Gasteiger partial charge on any atom is 0.455 e. The summed E-state index contributed by atoms with van der Waals surface area (Å²) in [5, 5.41) is 20.8. The third-order valence-electron chi connectivity index (χ3n) is 7.90. The number of rotatable bonds is 8. The molecule has 0 spiro atoms. The molecular weight excluding hydrogens is 572 g/mol. The molecule has 2 saturated heterocycles. The van der Waals surface area contributed by atoms with E-state index in [0.717, 1.165) is 40.4 Å². The van der Waals surface area contributed by atoms with Gasteiger partial charge in [0.1, 0.15) is 0 Å². The summed E-state index contributed by atoms with van der Waals surface area (Å²) in [7, 11) is 2.17. The van der Waals surface area contributed by atoms with Gasteiger partial charge in [-0.05, 0) is 90.2 Å². The Morgan fingerprint density at radius 1 is 1.28 bits per heavy atom. The number of hydrogen-bond donors (Lipinski definition) is 2. The topological polar surface area (TPSA) is 96.3 Å². The molecule has 1 aliphatic carbocycles. The number of nitrogens with zero attached hydrogens (tertiary/aromatic N) is 1. The number of phenols is 1. The highest BCUT2D eigenvalue weighted by Crippen LogP contribution is 2.51. The number of hydrogen-bond acceptors (Lipinski definition) is 6. The molecule has 4 rings (SSSR count). The zero-order valence-electron chi connectivity index (χ0n) is 21.4. The van der Waals surface area contributed by atoms with Crippen molar-refractivity contribution in [2.75, 3.05) is 14.2 Å². The Balaban J connectivity index is 1.61. The highest BCUT2D eigenvalue weighted by molar-refractivity contribution is 14.1. The van der Waals surface area contributed by atoms with Crippen LogP contribution in [-0.2, 0) is 14.2 Å². The molecule has 2 fully saturated rings. The minimum absolute atomic E-state index is 0.0923. The number of amides is 2. The van der Waals surface area contributed by atoms with E-state index in [-0.39, 0.29) is 35.5 Å². The van der Waals surface area contributed by atoms with E-state index >= 15 is 0 Å². The molecule has 9 heteroatoms. The first kappa shape index (κ1) is 27.2. The fourth-order valence-corrected chi connectivity index (χ4v) is 6.82. The molecule has 0 radical (unpaired) electrons. The summed E-state index contributed by atoms with van der Waals surface area (Å²) in [6, 6.07) is 3.75. The molecule has 2 N–H and O–H groups in total. The lowest BCUT2D eigenvalue weighted by Gasteiger charge is -2.43. The number of aromatic hydroxyl groups is 1. The van der Waals surface area contributed by atoms with Crippen LogP contribution in [0.1, 0.15) is 57.9 Å². The van der Waals surface area contributed by atoms with Crippen molar-refractivity contribution in [1.82, 2.24) is 4.90 Å². The molecule has 0 bridgehead atoms. The molecule has 1 aromatic carbocycles. The molecule has 7 nitrogen and oxygen atoms in total. The lowest BCUT2D eigenvalue weighted by atomic mass is 9.58. The molecule has 4 atom stereocenters. The van der Waals surface area contributed by atoms with Crippen molar-refractivity contribution in [1.29, 1.82) is 0 Å². The van der Waals surface area contributed by atoms with Crippen molar-refractivity contribution in [2.45, 2.75) is 64.8 Å². The lowest BCUT2D eigenvalue weighted by molar-refractivity contribution is -0.138. The summed E-state index contributed by atoms with van der Waals surface area (Å²) in [5.41, 5.74) is 4.56. The van der Waals surface area contributed by atoms with Gasteiger partial charge in [-0.3, -0.25) is 14.5 Å². The summed E-state index contributed by atoms with van der Waals surface area (Å²) >= 11 is 2.10. The molecule has 0 saturated carbocycles. The number of likely N-dealkylation sites (tertiary alicyclic amines) is 1. The second kappa shape index (κ2) is 11.3. The SMILES string of the molecule is CCCC1=C2[C@@H](CC/C(=C/c3cc(I)c(O)c(OC)c3)CC)OB(O)C[C@@H]2[C@@H]2C(=O)N(C)C(=O)[C@@H]2C1. The second-order valence-corrected chi connectivity index (χ2v) is 11.2. The number of carbonyl (C=O) groups is 2. The van der Waals surface area contributed by atoms with Crippen molar-refractivity contribution < 1.29 is 29.1 Å². The smallest absolute Gasteiger partial charge is 0.455 e. The first-order chi connectivity index (χ1) is 17.2. The van der Waals surface area contributed by atoms with Crippen LogP contribution in [0.2, 0.25) is 6.32 Å². The van der Waals surface area contributed by atoms with Crippen LogP contribution >= 0.6 is 22.6 Å². The van der Waals surface area contributed by atoms with Gasteiger partial charge in [0.25, 0.3) is 0 Å². The number of halogens is 1. The molecule has 1 aromatic rings. The predicted molar refractivity (Wildman–Crippen MR) is 147 cm³/mol. The summed E-state index contributed by atoms with van der Waals surface area (Å²) in [5.74, 6) is -0.505. The van der Waals surface area contributed by atoms with Crippen LogP contribution < -0.4 is 4.74 Å². The summed E-state index contributed by atoms with van der Waals surface area (Å²) in [6.07, 6.45) is 6.94. The number of benzene rings is 1. The van der Waals surface area contributed by atoms with Crippen LogP contribution in [0.25, 0.3) is 6.08 Å². The van der Waals surface area contributed by atoms with Gasteiger partial charge in [-0.15, -0.1) is 0 Å². The first-order valence-corrected chi connectivity index (χ1v) is 13.9. The van der Waals surface area contributed by atoms with Crippen molar-refractivity contribution in [3.05, 3.63) is 38.0 Å². The van der Waals surface area contributed by atoms with Crippen LogP contribution in [0.15, 0.2) is 28.9 Å². The van der Waals surface area contributed by atoms with Crippen molar-refractivity contribution in [3.8, 4) is 11.5 Å². The highest BCUT2D eigenvalue weighted by atomic mass is 127. The van der Waals surface area contributed by atoms with E-state index in [2.05, 4.69) is 42.5 Å². The second-order valence-electron chi connectivity index (χ2n) is 10.1. The molecule has 2 heterocycles. The number of methoxy groups -OCH3 is 1. The van der Waals surface area contributed by atoms with Crippen LogP contribution in [0.3, 0.4) is 0 Å². The number of carbonyl (C=O) groups excluding carboxylic acids is 2.